The van der Waals surface area contributed by atoms with Crippen LogP contribution in [-0.4, -0.2) is 6.04 Å². The van der Waals surface area contributed by atoms with Crippen molar-refractivity contribution in [1.29, 1.82) is 0 Å². The maximum absolute atomic E-state index is 3.78. The molecule has 0 amide bonds. The van der Waals surface area contributed by atoms with Crippen molar-refractivity contribution in [3.8, 4) is 0 Å². The predicted molar refractivity (Wildman–Crippen MR) is 81.7 cm³/mol. The highest BCUT2D eigenvalue weighted by Gasteiger charge is 2.21. The summed E-state index contributed by atoms with van der Waals surface area (Å²) in [5, 5.41) is 3.78. The third-order valence-electron chi connectivity index (χ3n) is 4.28. The molecule has 0 aliphatic heterocycles. The highest BCUT2D eigenvalue weighted by atomic mass is 79.9. The highest BCUT2D eigenvalue weighted by Crippen LogP contribution is 2.28. The summed E-state index contributed by atoms with van der Waals surface area (Å²) in [6.07, 6.45) is 6.86. The number of halogens is 1. The first-order chi connectivity index (χ1) is 8.69. The Kier molecular flexibility index (Phi) is 5.25. The van der Waals surface area contributed by atoms with Crippen LogP contribution in [0.4, 0.5) is 0 Å². The van der Waals surface area contributed by atoms with Crippen LogP contribution < -0.4 is 5.32 Å². The molecule has 1 aromatic rings. The maximum Gasteiger partial charge on any atom is 0.0294 e. The van der Waals surface area contributed by atoms with Crippen LogP contribution in [-0.2, 0) is 0 Å². The van der Waals surface area contributed by atoms with Crippen molar-refractivity contribution in [2.75, 3.05) is 0 Å². The van der Waals surface area contributed by atoms with Gasteiger partial charge in [-0.25, -0.2) is 0 Å². The minimum atomic E-state index is 0.460. The van der Waals surface area contributed by atoms with Crippen molar-refractivity contribution in [1.82, 2.24) is 5.32 Å². The summed E-state index contributed by atoms with van der Waals surface area (Å²) in [4.78, 5) is 0. The van der Waals surface area contributed by atoms with Gasteiger partial charge < -0.3 is 5.32 Å². The molecule has 0 radical (unpaired) electrons. The van der Waals surface area contributed by atoms with Gasteiger partial charge in [-0.1, -0.05) is 41.4 Å². The van der Waals surface area contributed by atoms with Gasteiger partial charge in [0.25, 0.3) is 0 Å². The average molecular weight is 310 g/mol. The Morgan fingerprint density at radius 1 is 1.17 bits per heavy atom. The van der Waals surface area contributed by atoms with Gasteiger partial charge in [-0.2, -0.15) is 0 Å². The molecule has 1 unspecified atom stereocenters. The van der Waals surface area contributed by atoms with Crippen LogP contribution in [0.1, 0.15) is 57.6 Å². The molecule has 1 saturated carbocycles. The molecule has 1 fully saturated rings. The topological polar surface area (TPSA) is 12.0 Å². The third kappa shape index (κ3) is 3.83. The largest absolute Gasteiger partial charge is 0.307 e. The Balaban J connectivity index is 1.84. The number of hydrogen-bond donors (Lipinski definition) is 1. The maximum atomic E-state index is 3.78. The van der Waals surface area contributed by atoms with Crippen LogP contribution >= 0.6 is 15.9 Å². The molecule has 1 aliphatic rings. The number of rotatable bonds is 4. The van der Waals surface area contributed by atoms with Crippen LogP contribution in [0.15, 0.2) is 28.7 Å². The van der Waals surface area contributed by atoms with Crippen LogP contribution in [0.3, 0.4) is 0 Å². The smallest absolute Gasteiger partial charge is 0.0294 e. The lowest BCUT2D eigenvalue weighted by Crippen LogP contribution is -2.34. The van der Waals surface area contributed by atoms with Crippen molar-refractivity contribution >= 4 is 15.9 Å². The first-order valence-corrected chi connectivity index (χ1v) is 8.00. The van der Waals surface area contributed by atoms with E-state index in [9.17, 15) is 0 Å². The second kappa shape index (κ2) is 6.72. The Hall–Kier alpha value is -0.340. The second-order valence-electron chi connectivity index (χ2n) is 5.57. The van der Waals surface area contributed by atoms with Crippen molar-refractivity contribution in [3.05, 3.63) is 34.3 Å². The lowest BCUT2D eigenvalue weighted by atomic mass is 9.84. The zero-order chi connectivity index (χ0) is 13.0. The van der Waals surface area contributed by atoms with Gasteiger partial charge in [0.2, 0.25) is 0 Å². The van der Waals surface area contributed by atoms with E-state index >= 15 is 0 Å². The van der Waals surface area contributed by atoms with E-state index in [-0.39, 0.29) is 0 Å². The zero-order valence-corrected chi connectivity index (χ0v) is 13.0. The van der Waals surface area contributed by atoms with Crippen molar-refractivity contribution < 1.29 is 0 Å². The van der Waals surface area contributed by atoms with E-state index in [1.165, 1.54) is 37.7 Å². The van der Waals surface area contributed by atoms with Gasteiger partial charge in [0.15, 0.2) is 0 Å². The Morgan fingerprint density at radius 3 is 2.33 bits per heavy atom. The molecule has 1 aromatic carbocycles. The molecule has 0 heterocycles. The fraction of sp³-hybridized carbons (Fsp3) is 0.625. The standard InChI is InChI=1S/C16H24BrN/c1-3-13-4-10-16(11-5-13)18-12(2)14-6-8-15(17)9-7-14/h6-9,12-13,16,18H,3-5,10-11H2,1-2H3. The highest BCUT2D eigenvalue weighted by molar-refractivity contribution is 9.10. The molecule has 1 atom stereocenters. The second-order valence-corrected chi connectivity index (χ2v) is 6.48. The van der Waals surface area contributed by atoms with Gasteiger partial charge in [0.05, 0.1) is 0 Å². The lowest BCUT2D eigenvalue weighted by Gasteiger charge is -2.31. The average Bonchev–Trinajstić information content (AvgIpc) is 2.40. The van der Waals surface area contributed by atoms with Crippen LogP contribution in [0.25, 0.3) is 0 Å². The molecule has 18 heavy (non-hydrogen) atoms. The van der Waals surface area contributed by atoms with E-state index in [4.69, 9.17) is 0 Å². The fourth-order valence-corrected chi connectivity index (χ4v) is 3.20. The molecular weight excluding hydrogens is 286 g/mol. The van der Waals surface area contributed by atoms with E-state index in [1.54, 1.807) is 0 Å². The number of benzene rings is 1. The van der Waals surface area contributed by atoms with E-state index in [2.05, 4.69) is 59.4 Å². The molecule has 1 N–H and O–H groups in total. The van der Waals surface area contributed by atoms with Crippen molar-refractivity contribution in [3.63, 3.8) is 0 Å². The normalized spacial score (nSPS) is 25.9. The molecule has 0 saturated heterocycles. The predicted octanol–water partition coefficient (Wildman–Crippen LogP) is 5.07. The summed E-state index contributed by atoms with van der Waals surface area (Å²) in [7, 11) is 0. The fourth-order valence-electron chi connectivity index (χ4n) is 2.94. The molecule has 2 rings (SSSR count). The summed E-state index contributed by atoms with van der Waals surface area (Å²) in [5.41, 5.74) is 1.39. The van der Waals surface area contributed by atoms with Crippen molar-refractivity contribution in [2.45, 2.75) is 58.0 Å². The summed E-state index contributed by atoms with van der Waals surface area (Å²) in [5.74, 6) is 0.978. The molecule has 1 aliphatic carbocycles. The van der Waals surface area contributed by atoms with Gasteiger partial charge in [-0.05, 0) is 56.2 Å². The molecule has 2 heteroatoms. The Labute approximate surface area is 119 Å². The summed E-state index contributed by atoms with van der Waals surface area (Å²) in [6, 6.07) is 9.84. The van der Waals surface area contributed by atoms with Gasteiger partial charge in [-0.3, -0.25) is 0 Å². The van der Waals surface area contributed by atoms with Gasteiger partial charge >= 0.3 is 0 Å². The minimum absolute atomic E-state index is 0.460. The van der Waals surface area contributed by atoms with Crippen LogP contribution in [0.2, 0.25) is 0 Å². The van der Waals surface area contributed by atoms with Gasteiger partial charge in [-0.15, -0.1) is 0 Å². The molecule has 100 valence electrons. The first-order valence-electron chi connectivity index (χ1n) is 7.20. The minimum Gasteiger partial charge on any atom is -0.307 e. The molecular formula is C16H24BrN. The third-order valence-corrected chi connectivity index (χ3v) is 4.81. The Bertz CT molecular complexity index is 352. The summed E-state index contributed by atoms with van der Waals surface area (Å²) in [6.45, 7) is 4.60. The van der Waals surface area contributed by atoms with E-state index in [0.717, 1.165) is 10.4 Å². The molecule has 0 bridgehead atoms. The summed E-state index contributed by atoms with van der Waals surface area (Å²) < 4.78 is 1.15. The van der Waals surface area contributed by atoms with Gasteiger partial charge in [0, 0.05) is 16.6 Å². The van der Waals surface area contributed by atoms with E-state index < -0.39 is 0 Å². The number of nitrogens with one attached hydrogen (secondary N) is 1. The van der Waals surface area contributed by atoms with Crippen molar-refractivity contribution in [2.24, 2.45) is 5.92 Å². The molecule has 1 nitrogen and oxygen atoms in total. The zero-order valence-electron chi connectivity index (χ0n) is 11.5. The lowest BCUT2D eigenvalue weighted by molar-refractivity contribution is 0.273. The van der Waals surface area contributed by atoms with Crippen LogP contribution in [0.5, 0.6) is 0 Å². The molecule has 0 spiro atoms. The number of hydrogen-bond acceptors (Lipinski definition) is 1. The SMILES string of the molecule is CCC1CCC(NC(C)c2ccc(Br)cc2)CC1. The monoisotopic (exact) mass is 309 g/mol. The van der Waals surface area contributed by atoms with E-state index in [0.29, 0.717) is 12.1 Å². The quantitative estimate of drug-likeness (QED) is 0.819. The van der Waals surface area contributed by atoms with Gasteiger partial charge in [0.1, 0.15) is 0 Å². The van der Waals surface area contributed by atoms with E-state index in [1.807, 2.05) is 0 Å². The summed E-state index contributed by atoms with van der Waals surface area (Å²) >= 11 is 3.49. The molecule has 0 aromatic heterocycles. The first kappa shape index (κ1) is 14.1. The Morgan fingerprint density at radius 2 is 1.78 bits per heavy atom. The van der Waals surface area contributed by atoms with Crippen LogP contribution in [0, 0.1) is 5.92 Å².